The minimum atomic E-state index is -0.137. The number of carbonyl (C=O) groups is 1. The fourth-order valence-electron chi connectivity index (χ4n) is 2.52. The van der Waals surface area contributed by atoms with Crippen LogP contribution in [0.2, 0.25) is 0 Å². The molecule has 1 aromatic heterocycles. The number of nitrogens with zero attached hydrogens (tertiary/aromatic N) is 1. The highest BCUT2D eigenvalue weighted by molar-refractivity contribution is 7.13. The van der Waals surface area contributed by atoms with Crippen LogP contribution in [0, 0.1) is 6.92 Å². The van der Waals surface area contributed by atoms with Crippen LogP contribution in [0.5, 0.6) is 11.5 Å². The maximum absolute atomic E-state index is 11.9. The number of hydrogen-bond donors (Lipinski definition) is 1. The van der Waals surface area contributed by atoms with Gasteiger partial charge < -0.3 is 14.8 Å². The van der Waals surface area contributed by atoms with E-state index in [1.54, 1.807) is 18.4 Å². The van der Waals surface area contributed by atoms with Gasteiger partial charge in [-0.15, -0.1) is 11.3 Å². The van der Waals surface area contributed by atoms with E-state index < -0.39 is 0 Å². The lowest BCUT2D eigenvalue weighted by atomic mass is 10.2. The van der Waals surface area contributed by atoms with Crippen LogP contribution in [0.1, 0.15) is 11.3 Å². The summed E-state index contributed by atoms with van der Waals surface area (Å²) >= 11 is 1.59. The number of benzene rings is 2. The summed E-state index contributed by atoms with van der Waals surface area (Å²) in [6, 6.07) is 15.5. The Morgan fingerprint density at radius 1 is 1.15 bits per heavy atom. The summed E-state index contributed by atoms with van der Waals surface area (Å²) in [5.41, 5.74) is 3.12. The van der Waals surface area contributed by atoms with E-state index in [1.165, 1.54) is 0 Å². The second-order valence-electron chi connectivity index (χ2n) is 6.08. The van der Waals surface area contributed by atoms with Gasteiger partial charge in [0.05, 0.1) is 12.8 Å². The van der Waals surface area contributed by atoms with Crippen molar-refractivity contribution in [3.8, 4) is 22.1 Å². The maximum Gasteiger partial charge on any atom is 0.257 e. The maximum atomic E-state index is 11.9. The van der Waals surface area contributed by atoms with E-state index in [0.717, 1.165) is 27.6 Å². The topological polar surface area (TPSA) is 60.5 Å². The third-order valence-electron chi connectivity index (χ3n) is 3.95. The SMILES string of the molecule is COc1ccc(-c2nc(CCNC(=O)COc3cccc(C)c3)cs2)cc1. The zero-order valence-electron chi connectivity index (χ0n) is 15.4. The molecule has 0 fully saturated rings. The van der Waals surface area contributed by atoms with E-state index in [0.29, 0.717) is 18.7 Å². The summed E-state index contributed by atoms with van der Waals surface area (Å²) in [6.07, 6.45) is 0.683. The Morgan fingerprint density at radius 2 is 1.96 bits per heavy atom. The van der Waals surface area contributed by atoms with Crippen molar-refractivity contribution < 1.29 is 14.3 Å². The van der Waals surface area contributed by atoms with Crippen molar-refractivity contribution in [2.45, 2.75) is 13.3 Å². The molecule has 0 bridgehead atoms. The van der Waals surface area contributed by atoms with Crippen molar-refractivity contribution in [3.05, 3.63) is 65.2 Å². The average Bonchev–Trinajstić information content (AvgIpc) is 3.15. The van der Waals surface area contributed by atoms with Crippen LogP contribution in [0.4, 0.5) is 0 Å². The van der Waals surface area contributed by atoms with Crippen LogP contribution in [-0.2, 0) is 11.2 Å². The lowest BCUT2D eigenvalue weighted by Crippen LogP contribution is -2.30. The van der Waals surface area contributed by atoms with Crippen LogP contribution in [0.25, 0.3) is 10.6 Å². The molecule has 0 aliphatic carbocycles. The molecule has 3 aromatic rings. The molecule has 0 atom stereocenters. The molecule has 1 amide bonds. The Hall–Kier alpha value is -2.86. The molecule has 0 aliphatic heterocycles. The molecule has 0 spiro atoms. The predicted molar refractivity (Wildman–Crippen MR) is 107 cm³/mol. The first-order valence-electron chi connectivity index (χ1n) is 8.69. The highest BCUT2D eigenvalue weighted by Crippen LogP contribution is 2.25. The number of aromatic nitrogens is 1. The average molecular weight is 382 g/mol. The molecule has 6 heteroatoms. The summed E-state index contributed by atoms with van der Waals surface area (Å²) < 4.78 is 10.7. The number of hydrogen-bond acceptors (Lipinski definition) is 5. The number of amides is 1. The van der Waals surface area contributed by atoms with Gasteiger partial charge in [-0.1, -0.05) is 12.1 Å². The number of methoxy groups -OCH3 is 1. The van der Waals surface area contributed by atoms with Gasteiger partial charge in [-0.3, -0.25) is 4.79 Å². The third-order valence-corrected chi connectivity index (χ3v) is 4.89. The largest absolute Gasteiger partial charge is 0.497 e. The zero-order valence-corrected chi connectivity index (χ0v) is 16.2. The minimum Gasteiger partial charge on any atom is -0.497 e. The molecule has 0 unspecified atom stereocenters. The van der Waals surface area contributed by atoms with Gasteiger partial charge in [0, 0.05) is 23.9 Å². The normalized spacial score (nSPS) is 10.4. The number of rotatable bonds is 8. The quantitative estimate of drug-likeness (QED) is 0.643. The van der Waals surface area contributed by atoms with E-state index in [9.17, 15) is 4.79 Å². The van der Waals surface area contributed by atoms with Crippen molar-refractivity contribution in [1.82, 2.24) is 10.3 Å². The smallest absolute Gasteiger partial charge is 0.257 e. The minimum absolute atomic E-state index is 0.0115. The first-order valence-corrected chi connectivity index (χ1v) is 9.57. The van der Waals surface area contributed by atoms with Crippen molar-refractivity contribution in [2.24, 2.45) is 0 Å². The monoisotopic (exact) mass is 382 g/mol. The van der Waals surface area contributed by atoms with Gasteiger partial charge in [0.2, 0.25) is 0 Å². The molecule has 140 valence electrons. The second-order valence-corrected chi connectivity index (χ2v) is 6.94. The summed E-state index contributed by atoms with van der Waals surface area (Å²) in [7, 11) is 1.65. The highest BCUT2D eigenvalue weighted by Gasteiger charge is 2.07. The Bertz CT molecular complexity index is 890. The number of aryl methyl sites for hydroxylation is 1. The van der Waals surface area contributed by atoms with E-state index in [-0.39, 0.29) is 12.5 Å². The van der Waals surface area contributed by atoms with Gasteiger partial charge >= 0.3 is 0 Å². The van der Waals surface area contributed by atoms with Crippen molar-refractivity contribution in [2.75, 3.05) is 20.3 Å². The van der Waals surface area contributed by atoms with Crippen LogP contribution < -0.4 is 14.8 Å². The lowest BCUT2D eigenvalue weighted by molar-refractivity contribution is -0.123. The van der Waals surface area contributed by atoms with E-state index in [2.05, 4.69) is 10.3 Å². The molecular weight excluding hydrogens is 360 g/mol. The number of ether oxygens (including phenoxy) is 2. The van der Waals surface area contributed by atoms with Gasteiger partial charge in [0.15, 0.2) is 6.61 Å². The Labute approximate surface area is 163 Å². The summed E-state index contributed by atoms with van der Waals surface area (Å²) in [5.74, 6) is 1.39. The first-order chi connectivity index (χ1) is 13.1. The fourth-order valence-corrected chi connectivity index (χ4v) is 3.38. The van der Waals surface area contributed by atoms with Gasteiger partial charge in [-0.25, -0.2) is 4.98 Å². The Morgan fingerprint density at radius 3 is 2.70 bits per heavy atom. The molecule has 0 aliphatic rings. The molecule has 0 radical (unpaired) electrons. The Kier molecular flexibility index (Phi) is 6.44. The van der Waals surface area contributed by atoms with Crippen LogP contribution in [0.3, 0.4) is 0 Å². The standard InChI is InChI=1S/C21H22N2O3S/c1-15-4-3-5-19(12-15)26-13-20(24)22-11-10-17-14-27-21(23-17)16-6-8-18(25-2)9-7-16/h3-9,12,14H,10-11,13H2,1-2H3,(H,22,24). The van der Waals surface area contributed by atoms with Crippen molar-refractivity contribution in [1.29, 1.82) is 0 Å². The van der Waals surface area contributed by atoms with Crippen molar-refractivity contribution in [3.63, 3.8) is 0 Å². The van der Waals surface area contributed by atoms with E-state index in [4.69, 9.17) is 9.47 Å². The van der Waals surface area contributed by atoms with Gasteiger partial charge in [-0.05, 0) is 48.9 Å². The molecule has 1 N–H and O–H groups in total. The fraction of sp³-hybridized carbons (Fsp3) is 0.238. The molecule has 0 saturated heterocycles. The van der Waals surface area contributed by atoms with Gasteiger partial charge in [0.25, 0.3) is 5.91 Å². The number of thiazole rings is 1. The first kappa shape index (κ1) is 18.9. The molecule has 2 aromatic carbocycles. The van der Waals surface area contributed by atoms with E-state index >= 15 is 0 Å². The second kappa shape index (κ2) is 9.19. The predicted octanol–water partition coefficient (Wildman–Crippen LogP) is 3.86. The summed E-state index contributed by atoms with van der Waals surface area (Å²) in [6.45, 7) is 2.53. The Balaban J connectivity index is 1.43. The summed E-state index contributed by atoms with van der Waals surface area (Å²) in [4.78, 5) is 16.5. The van der Waals surface area contributed by atoms with Gasteiger partial charge in [0.1, 0.15) is 16.5 Å². The number of nitrogens with one attached hydrogen (secondary N) is 1. The summed E-state index contributed by atoms with van der Waals surface area (Å²) in [5, 5.41) is 5.85. The molecule has 27 heavy (non-hydrogen) atoms. The van der Waals surface area contributed by atoms with Gasteiger partial charge in [-0.2, -0.15) is 0 Å². The lowest BCUT2D eigenvalue weighted by Gasteiger charge is -2.07. The van der Waals surface area contributed by atoms with Crippen LogP contribution >= 0.6 is 11.3 Å². The molecule has 1 heterocycles. The zero-order chi connectivity index (χ0) is 19.1. The van der Waals surface area contributed by atoms with Crippen molar-refractivity contribution >= 4 is 17.2 Å². The van der Waals surface area contributed by atoms with Crippen LogP contribution in [0.15, 0.2) is 53.9 Å². The molecule has 3 rings (SSSR count). The highest BCUT2D eigenvalue weighted by atomic mass is 32.1. The third kappa shape index (κ3) is 5.56. The van der Waals surface area contributed by atoms with E-state index in [1.807, 2.05) is 60.8 Å². The molecule has 0 saturated carbocycles. The van der Waals surface area contributed by atoms with Crippen LogP contribution in [-0.4, -0.2) is 31.2 Å². The molecular formula is C21H22N2O3S. The molecule has 5 nitrogen and oxygen atoms in total. The number of carbonyl (C=O) groups excluding carboxylic acids is 1.